The van der Waals surface area contributed by atoms with Crippen LogP contribution in [0.3, 0.4) is 0 Å². The van der Waals surface area contributed by atoms with Gasteiger partial charge in [-0.15, -0.1) is 0 Å². The summed E-state index contributed by atoms with van der Waals surface area (Å²) in [6.07, 6.45) is -4.59. The van der Waals surface area contributed by atoms with Gasteiger partial charge in [0.1, 0.15) is 18.1 Å². The smallest absolute Gasteiger partial charge is 0.417 e. The average Bonchev–Trinajstić information content (AvgIpc) is 2.96. The summed E-state index contributed by atoms with van der Waals surface area (Å²) in [6.45, 7) is 1.91. The topological polar surface area (TPSA) is 40.5 Å². The molecule has 0 saturated carbocycles. The summed E-state index contributed by atoms with van der Waals surface area (Å²) in [6, 6.07) is 12.8. The Bertz CT molecular complexity index is 962. The zero-order valence-corrected chi connectivity index (χ0v) is 14.8. The van der Waals surface area contributed by atoms with Crippen molar-refractivity contribution in [1.29, 1.82) is 0 Å². The van der Waals surface area contributed by atoms with Gasteiger partial charge in [0.2, 0.25) is 0 Å². The van der Waals surface area contributed by atoms with Crippen LogP contribution in [0.4, 0.5) is 13.2 Å². The molecule has 0 aliphatic rings. The average molecular weight is 377 g/mol. The number of rotatable bonds is 5. The van der Waals surface area contributed by atoms with Crippen LogP contribution in [0.5, 0.6) is 5.75 Å². The third-order valence-electron chi connectivity index (χ3n) is 4.17. The van der Waals surface area contributed by atoms with Crippen molar-refractivity contribution < 1.29 is 27.4 Å². The van der Waals surface area contributed by atoms with Crippen LogP contribution < -0.4 is 4.74 Å². The van der Waals surface area contributed by atoms with Gasteiger partial charge in [-0.2, -0.15) is 13.2 Å². The van der Waals surface area contributed by atoms with E-state index in [4.69, 9.17) is 9.47 Å². The standard InChI is InChI=1S/C20H18F3NO3/c1-3-26-19(25)18-11-15-16(20(21,22)23)9-14(10-17(15)24(18)2)27-12-13-7-5-4-6-8-13/h4-11H,3,12H2,1-2H3. The Balaban J connectivity index is 2.05. The van der Waals surface area contributed by atoms with Gasteiger partial charge in [0.25, 0.3) is 0 Å². The Morgan fingerprint density at radius 1 is 1.11 bits per heavy atom. The second-order valence-electron chi connectivity index (χ2n) is 5.98. The van der Waals surface area contributed by atoms with E-state index in [0.29, 0.717) is 0 Å². The number of esters is 1. The molecule has 0 aliphatic carbocycles. The number of hydrogen-bond donors (Lipinski definition) is 0. The number of carbonyl (C=O) groups excluding carboxylic acids is 1. The molecule has 27 heavy (non-hydrogen) atoms. The van der Waals surface area contributed by atoms with Crippen LogP contribution in [-0.4, -0.2) is 17.1 Å². The van der Waals surface area contributed by atoms with Crippen LogP contribution in [0.2, 0.25) is 0 Å². The molecule has 0 spiro atoms. The van der Waals surface area contributed by atoms with Crippen LogP contribution in [0, 0.1) is 0 Å². The molecule has 4 nitrogen and oxygen atoms in total. The van der Waals surface area contributed by atoms with Crippen molar-refractivity contribution in [2.45, 2.75) is 19.7 Å². The van der Waals surface area contributed by atoms with Gasteiger partial charge < -0.3 is 14.0 Å². The SMILES string of the molecule is CCOC(=O)c1cc2c(C(F)(F)F)cc(OCc3ccccc3)cc2n1C. The van der Waals surface area contributed by atoms with E-state index in [1.165, 1.54) is 23.7 Å². The maximum Gasteiger partial charge on any atom is 0.417 e. The summed E-state index contributed by atoms with van der Waals surface area (Å²) >= 11 is 0. The lowest BCUT2D eigenvalue weighted by atomic mass is 10.1. The van der Waals surface area contributed by atoms with Crippen LogP contribution in [-0.2, 0) is 24.6 Å². The third kappa shape index (κ3) is 3.92. The number of aromatic nitrogens is 1. The highest BCUT2D eigenvalue weighted by molar-refractivity contribution is 5.97. The van der Waals surface area contributed by atoms with Gasteiger partial charge in [0.05, 0.1) is 17.7 Å². The molecule has 1 aromatic heterocycles. The van der Waals surface area contributed by atoms with E-state index in [2.05, 4.69) is 0 Å². The Morgan fingerprint density at radius 2 is 1.81 bits per heavy atom. The zero-order chi connectivity index (χ0) is 19.6. The molecule has 0 aliphatic heterocycles. The lowest BCUT2D eigenvalue weighted by Crippen LogP contribution is -2.09. The summed E-state index contributed by atoms with van der Waals surface area (Å²) in [4.78, 5) is 12.0. The number of benzene rings is 2. The maximum absolute atomic E-state index is 13.6. The van der Waals surface area contributed by atoms with Crippen LogP contribution >= 0.6 is 0 Å². The first-order valence-electron chi connectivity index (χ1n) is 8.35. The van der Waals surface area contributed by atoms with E-state index in [1.807, 2.05) is 30.3 Å². The third-order valence-corrected chi connectivity index (χ3v) is 4.17. The molecule has 0 atom stereocenters. The van der Waals surface area contributed by atoms with E-state index in [9.17, 15) is 18.0 Å². The minimum absolute atomic E-state index is 0.0533. The van der Waals surface area contributed by atoms with E-state index in [-0.39, 0.29) is 35.6 Å². The Labute approximate surface area is 154 Å². The Kier molecular flexibility index (Phi) is 5.12. The normalized spacial score (nSPS) is 11.6. The van der Waals surface area contributed by atoms with E-state index in [0.717, 1.165) is 11.6 Å². The molecule has 3 aromatic rings. The van der Waals surface area contributed by atoms with Crippen LogP contribution in [0.15, 0.2) is 48.5 Å². The van der Waals surface area contributed by atoms with Crippen LogP contribution in [0.25, 0.3) is 10.9 Å². The molecular weight excluding hydrogens is 359 g/mol. The number of alkyl halides is 3. The molecule has 1 heterocycles. The van der Waals surface area contributed by atoms with E-state index in [1.54, 1.807) is 6.92 Å². The fourth-order valence-electron chi connectivity index (χ4n) is 2.86. The highest BCUT2D eigenvalue weighted by atomic mass is 19.4. The lowest BCUT2D eigenvalue weighted by molar-refractivity contribution is -0.136. The van der Waals surface area contributed by atoms with Gasteiger partial charge in [0, 0.05) is 18.5 Å². The van der Waals surface area contributed by atoms with Crippen molar-refractivity contribution in [3.8, 4) is 5.75 Å². The van der Waals surface area contributed by atoms with Gasteiger partial charge in [-0.3, -0.25) is 0 Å². The maximum atomic E-state index is 13.6. The van der Waals surface area contributed by atoms with Crippen molar-refractivity contribution in [3.05, 3.63) is 65.4 Å². The van der Waals surface area contributed by atoms with Crippen molar-refractivity contribution >= 4 is 16.9 Å². The minimum atomic E-state index is -4.59. The molecule has 0 saturated heterocycles. The molecule has 2 aromatic carbocycles. The van der Waals surface area contributed by atoms with Crippen molar-refractivity contribution in [2.75, 3.05) is 6.61 Å². The fourth-order valence-corrected chi connectivity index (χ4v) is 2.86. The molecule has 0 fully saturated rings. The highest BCUT2D eigenvalue weighted by Gasteiger charge is 2.35. The number of aryl methyl sites for hydroxylation is 1. The van der Waals surface area contributed by atoms with Crippen molar-refractivity contribution in [3.63, 3.8) is 0 Å². The van der Waals surface area contributed by atoms with Gasteiger partial charge in [0.15, 0.2) is 0 Å². The lowest BCUT2D eigenvalue weighted by Gasteiger charge is -2.13. The van der Waals surface area contributed by atoms with Crippen molar-refractivity contribution in [2.24, 2.45) is 7.05 Å². The molecule has 3 rings (SSSR count). The number of carbonyl (C=O) groups is 1. The first-order chi connectivity index (χ1) is 12.8. The molecular formula is C20H18F3NO3. The predicted octanol–water partition coefficient (Wildman–Crippen LogP) is 4.95. The van der Waals surface area contributed by atoms with E-state index < -0.39 is 17.7 Å². The molecule has 0 bridgehead atoms. The molecule has 0 unspecified atom stereocenters. The summed E-state index contributed by atoms with van der Waals surface area (Å²) < 4.78 is 52.6. The number of ether oxygens (including phenoxy) is 2. The largest absolute Gasteiger partial charge is 0.489 e. The van der Waals surface area contributed by atoms with E-state index >= 15 is 0 Å². The van der Waals surface area contributed by atoms with Crippen molar-refractivity contribution in [1.82, 2.24) is 4.57 Å². The molecule has 0 radical (unpaired) electrons. The quantitative estimate of drug-likeness (QED) is 0.591. The summed E-state index contributed by atoms with van der Waals surface area (Å²) in [5.41, 5.74) is 0.285. The first-order valence-corrected chi connectivity index (χ1v) is 8.35. The molecule has 0 amide bonds. The van der Waals surface area contributed by atoms with Gasteiger partial charge in [-0.05, 0) is 24.6 Å². The Morgan fingerprint density at radius 3 is 2.44 bits per heavy atom. The predicted molar refractivity (Wildman–Crippen MR) is 94.7 cm³/mol. The number of fused-ring (bicyclic) bond motifs is 1. The fraction of sp³-hybridized carbons (Fsp3) is 0.250. The number of halogens is 3. The summed E-state index contributed by atoms with van der Waals surface area (Å²) in [5, 5.41) is -0.0693. The van der Waals surface area contributed by atoms with Gasteiger partial charge >= 0.3 is 12.1 Å². The Hall–Kier alpha value is -2.96. The molecule has 7 heteroatoms. The van der Waals surface area contributed by atoms with Crippen LogP contribution in [0.1, 0.15) is 28.5 Å². The van der Waals surface area contributed by atoms with Gasteiger partial charge in [-0.25, -0.2) is 4.79 Å². The molecule has 142 valence electrons. The highest BCUT2D eigenvalue weighted by Crippen LogP contribution is 2.39. The first kappa shape index (κ1) is 18.8. The van der Waals surface area contributed by atoms with Gasteiger partial charge in [-0.1, -0.05) is 30.3 Å². The number of hydrogen-bond acceptors (Lipinski definition) is 3. The monoisotopic (exact) mass is 377 g/mol. The summed E-state index contributed by atoms with van der Waals surface area (Å²) in [5.74, 6) is -0.591. The molecule has 0 N–H and O–H groups in total. The number of nitrogens with zero attached hydrogens (tertiary/aromatic N) is 1. The minimum Gasteiger partial charge on any atom is -0.489 e. The second-order valence-corrected chi connectivity index (χ2v) is 5.98. The summed E-state index contributed by atoms with van der Waals surface area (Å²) in [7, 11) is 1.52. The second kappa shape index (κ2) is 7.34. The zero-order valence-electron chi connectivity index (χ0n) is 14.8.